The fraction of sp³-hybridized carbons (Fsp3) is 0.636. The summed E-state index contributed by atoms with van der Waals surface area (Å²) in [5.74, 6) is 3.66. The van der Waals surface area contributed by atoms with E-state index in [1.165, 1.54) is 0 Å². The highest BCUT2D eigenvalue weighted by Crippen LogP contribution is 2.20. The minimum atomic E-state index is 0.253. The molecule has 2 aromatic rings. The van der Waals surface area contributed by atoms with E-state index >= 15 is 0 Å². The van der Waals surface area contributed by atoms with Crippen LogP contribution in [-0.2, 0) is 30.9 Å². The van der Waals surface area contributed by atoms with E-state index in [0.717, 1.165) is 81.1 Å². The van der Waals surface area contributed by atoms with Crippen LogP contribution in [-0.4, -0.2) is 83.5 Å². The summed E-state index contributed by atoms with van der Waals surface area (Å²) in [4.78, 5) is 18.9. The summed E-state index contributed by atoms with van der Waals surface area (Å²) >= 11 is 0. The van der Waals surface area contributed by atoms with E-state index in [-0.39, 0.29) is 6.04 Å². The number of methoxy groups -OCH3 is 1. The molecule has 1 saturated heterocycles. The molecule has 4 rings (SSSR count). The number of ether oxygens (including phenoxy) is 1. The maximum absolute atomic E-state index is 5.17. The minimum Gasteiger partial charge on any atom is -0.377 e. The summed E-state index contributed by atoms with van der Waals surface area (Å²) in [7, 11) is 3.84. The highest BCUT2D eigenvalue weighted by Gasteiger charge is 2.23. The van der Waals surface area contributed by atoms with Crippen LogP contribution in [0.4, 0.5) is 5.82 Å². The summed E-state index contributed by atoms with van der Waals surface area (Å²) in [6.45, 7) is 8.81. The molecule has 0 radical (unpaired) electrons. The Morgan fingerprint density at radius 3 is 2.91 bits per heavy atom. The summed E-state index contributed by atoms with van der Waals surface area (Å²) in [6.07, 6.45) is 3.76. The van der Waals surface area contributed by atoms with Gasteiger partial charge in [0.2, 0.25) is 0 Å². The molecule has 10 nitrogen and oxygen atoms in total. The number of pyridine rings is 1. The van der Waals surface area contributed by atoms with Crippen molar-refractivity contribution in [1.29, 1.82) is 0 Å². The Bertz CT molecular complexity index is 905. The molecular formula is C22H35N9O. The van der Waals surface area contributed by atoms with Crippen molar-refractivity contribution in [3.8, 4) is 0 Å². The van der Waals surface area contributed by atoms with Crippen LogP contribution < -0.4 is 15.5 Å². The van der Waals surface area contributed by atoms with Gasteiger partial charge in [-0.2, -0.15) is 5.10 Å². The van der Waals surface area contributed by atoms with Crippen molar-refractivity contribution in [2.75, 3.05) is 51.8 Å². The highest BCUT2D eigenvalue weighted by molar-refractivity contribution is 5.80. The van der Waals surface area contributed by atoms with Crippen molar-refractivity contribution >= 4 is 11.8 Å². The van der Waals surface area contributed by atoms with Gasteiger partial charge in [-0.25, -0.2) is 19.6 Å². The Labute approximate surface area is 190 Å². The number of hydrogen-bond donors (Lipinski definition) is 2. The molecule has 0 spiro atoms. The van der Waals surface area contributed by atoms with Crippen LogP contribution >= 0.6 is 0 Å². The number of fused-ring (bicyclic) bond motifs is 1. The van der Waals surface area contributed by atoms with E-state index in [2.05, 4.69) is 55.5 Å². The van der Waals surface area contributed by atoms with E-state index in [4.69, 9.17) is 9.73 Å². The quantitative estimate of drug-likeness (QED) is 0.478. The molecular weight excluding hydrogens is 406 g/mol. The first-order valence-electron chi connectivity index (χ1n) is 11.5. The first-order chi connectivity index (χ1) is 15.7. The van der Waals surface area contributed by atoms with Crippen LogP contribution in [0.15, 0.2) is 23.3 Å². The maximum atomic E-state index is 5.17. The Morgan fingerprint density at radius 2 is 2.12 bits per heavy atom. The number of nitrogens with one attached hydrogen (secondary N) is 2. The Kier molecular flexibility index (Phi) is 7.54. The van der Waals surface area contributed by atoms with Crippen LogP contribution in [0.5, 0.6) is 0 Å². The van der Waals surface area contributed by atoms with E-state index in [1.807, 2.05) is 16.9 Å². The molecule has 32 heavy (non-hydrogen) atoms. The molecule has 0 bridgehead atoms. The molecule has 2 N–H and O–H groups in total. The van der Waals surface area contributed by atoms with Crippen LogP contribution in [0.1, 0.15) is 30.6 Å². The molecule has 2 aliphatic rings. The number of nitrogens with zero attached hydrogens (tertiary/aromatic N) is 7. The molecule has 4 heterocycles. The number of piperazine rings is 1. The lowest BCUT2D eigenvalue weighted by Gasteiger charge is -2.34. The predicted molar refractivity (Wildman–Crippen MR) is 125 cm³/mol. The second-order valence-corrected chi connectivity index (χ2v) is 8.41. The van der Waals surface area contributed by atoms with Gasteiger partial charge in [-0.05, 0) is 26.5 Å². The summed E-state index contributed by atoms with van der Waals surface area (Å²) in [6, 6.07) is 4.38. The maximum Gasteiger partial charge on any atom is 0.191 e. The van der Waals surface area contributed by atoms with Gasteiger partial charge in [-0.3, -0.25) is 0 Å². The molecule has 1 atom stereocenters. The van der Waals surface area contributed by atoms with Gasteiger partial charge in [-0.1, -0.05) is 6.07 Å². The first kappa shape index (κ1) is 22.5. The largest absolute Gasteiger partial charge is 0.377 e. The summed E-state index contributed by atoms with van der Waals surface area (Å²) < 4.78 is 7.16. The molecule has 10 heteroatoms. The molecule has 1 unspecified atom stereocenters. The van der Waals surface area contributed by atoms with Gasteiger partial charge in [0.1, 0.15) is 18.2 Å². The number of aryl methyl sites for hydroxylation is 1. The summed E-state index contributed by atoms with van der Waals surface area (Å²) in [5, 5.41) is 11.5. The predicted octanol–water partition coefficient (Wildman–Crippen LogP) is 0.641. The lowest BCUT2D eigenvalue weighted by atomic mass is 10.1. The number of hydrogen-bond acceptors (Lipinski definition) is 7. The van der Waals surface area contributed by atoms with Crippen molar-refractivity contribution in [1.82, 2.24) is 35.3 Å². The van der Waals surface area contributed by atoms with Crippen LogP contribution in [0.3, 0.4) is 0 Å². The number of anilines is 1. The molecule has 0 aromatic carbocycles. The van der Waals surface area contributed by atoms with Crippen molar-refractivity contribution in [2.45, 2.75) is 45.5 Å². The number of guanidine groups is 1. The van der Waals surface area contributed by atoms with Crippen molar-refractivity contribution in [3.05, 3.63) is 35.5 Å². The topological polar surface area (TPSA) is 95.7 Å². The Balaban J connectivity index is 1.42. The molecule has 0 saturated carbocycles. The van der Waals surface area contributed by atoms with Gasteiger partial charge in [-0.15, -0.1) is 0 Å². The van der Waals surface area contributed by atoms with Gasteiger partial charge >= 0.3 is 0 Å². The zero-order chi connectivity index (χ0) is 22.3. The SMILES string of the molecule is CCNC(=NCc1cccnc1N1CCN(C)CC1)NC1CCc2nc(COC)nn2C1. The molecule has 174 valence electrons. The van der Waals surface area contributed by atoms with Crippen LogP contribution in [0.25, 0.3) is 0 Å². The standard InChI is InChI=1S/C22H35N9O/c1-4-23-22(26-18-7-8-20-27-19(16-32-3)28-31(20)15-18)25-14-17-6-5-9-24-21(17)30-12-10-29(2)11-13-30/h5-6,9,18H,4,7-8,10-16H2,1-3H3,(H2,23,25,26). The number of aromatic nitrogens is 4. The molecule has 1 fully saturated rings. The van der Waals surface area contributed by atoms with Crippen LogP contribution in [0.2, 0.25) is 0 Å². The Morgan fingerprint density at radius 1 is 1.28 bits per heavy atom. The monoisotopic (exact) mass is 441 g/mol. The molecule has 2 aliphatic heterocycles. The van der Waals surface area contributed by atoms with Crippen molar-refractivity contribution < 1.29 is 4.74 Å². The van der Waals surface area contributed by atoms with Crippen molar-refractivity contribution in [2.24, 2.45) is 4.99 Å². The smallest absolute Gasteiger partial charge is 0.191 e. The number of aliphatic imine (C=N–C) groups is 1. The van der Waals surface area contributed by atoms with E-state index < -0.39 is 0 Å². The Hall–Kier alpha value is -2.72. The second kappa shape index (κ2) is 10.7. The van der Waals surface area contributed by atoms with E-state index in [1.54, 1.807) is 7.11 Å². The third-order valence-corrected chi connectivity index (χ3v) is 5.94. The van der Waals surface area contributed by atoms with Gasteiger partial charge in [0.15, 0.2) is 11.8 Å². The normalized spacial score (nSPS) is 19.7. The fourth-order valence-electron chi connectivity index (χ4n) is 4.20. The third kappa shape index (κ3) is 5.55. The lowest BCUT2D eigenvalue weighted by Crippen LogP contribution is -2.47. The number of likely N-dealkylation sites (N-methyl/N-ethyl adjacent to an activating group) is 1. The lowest BCUT2D eigenvalue weighted by molar-refractivity contribution is 0.177. The molecule has 0 aliphatic carbocycles. The van der Waals surface area contributed by atoms with Gasteiger partial charge < -0.3 is 25.2 Å². The average Bonchev–Trinajstić information content (AvgIpc) is 3.20. The average molecular weight is 442 g/mol. The minimum absolute atomic E-state index is 0.253. The summed E-state index contributed by atoms with van der Waals surface area (Å²) in [5.41, 5.74) is 1.15. The van der Waals surface area contributed by atoms with Gasteiger partial charge in [0.05, 0.1) is 13.1 Å². The highest BCUT2D eigenvalue weighted by atomic mass is 16.5. The molecule has 2 aromatic heterocycles. The van der Waals surface area contributed by atoms with Crippen molar-refractivity contribution in [3.63, 3.8) is 0 Å². The zero-order valence-corrected chi connectivity index (χ0v) is 19.4. The van der Waals surface area contributed by atoms with Gasteiger partial charge in [0.25, 0.3) is 0 Å². The van der Waals surface area contributed by atoms with Crippen LogP contribution in [0, 0.1) is 0 Å². The van der Waals surface area contributed by atoms with E-state index in [0.29, 0.717) is 13.2 Å². The van der Waals surface area contributed by atoms with E-state index in [9.17, 15) is 0 Å². The second-order valence-electron chi connectivity index (χ2n) is 8.41. The first-order valence-corrected chi connectivity index (χ1v) is 11.5. The zero-order valence-electron chi connectivity index (χ0n) is 19.4. The fourth-order valence-corrected chi connectivity index (χ4v) is 4.20. The third-order valence-electron chi connectivity index (χ3n) is 5.94. The molecule has 0 amide bonds. The number of rotatable bonds is 7. The van der Waals surface area contributed by atoms with Gasteiger partial charge in [0, 0.05) is 64.1 Å².